The molecule has 0 aromatic carbocycles. The van der Waals surface area contributed by atoms with Crippen molar-refractivity contribution in [1.29, 1.82) is 0 Å². The molecular weight excluding hydrogens is 148 g/mol. The Morgan fingerprint density at radius 1 is 1.50 bits per heavy atom. The Morgan fingerprint density at radius 3 is 1.50 bits per heavy atom. The molecule has 0 aliphatic heterocycles. The summed E-state index contributed by atoms with van der Waals surface area (Å²) in [6, 6.07) is 0. The number of aliphatic hydroxyl groups excluding tert-OH is 1. The van der Waals surface area contributed by atoms with Gasteiger partial charge in [0.15, 0.2) is 0 Å². The second kappa shape index (κ2) is 22.3. The molecule has 1 nitrogen and oxygen atoms in total. The number of halogens is 1. The topological polar surface area (TPSA) is 20.2 Å². The summed E-state index contributed by atoms with van der Waals surface area (Å²) in [6.07, 6.45) is 0. The van der Waals surface area contributed by atoms with Crippen molar-refractivity contribution in [2.75, 3.05) is 7.11 Å². The smallest absolute Gasteiger partial charge is 1.00 e. The van der Waals surface area contributed by atoms with Gasteiger partial charge in [0.2, 0.25) is 0 Å². The average Bonchev–Trinajstić information content (AvgIpc) is 1.00. The average molecular weight is 155 g/mol. The van der Waals surface area contributed by atoms with Crippen LogP contribution in [0.25, 0.3) is 0 Å². The molecule has 0 amide bonds. The van der Waals surface area contributed by atoms with Crippen molar-refractivity contribution in [2.45, 2.75) is 0 Å². The first-order valence-electron chi connectivity index (χ1n) is 0.447. The number of hydrogen-bond donors (Lipinski definition) is 1. The summed E-state index contributed by atoms with van der Waals surface area (Å²) in [4.78, 5) is 0. The van der Waals surface area contributed by atoms with E-state index in [2.05, 4.69) is 0 Å². The molecular formula is CH7BrCaO. The van der Waals surface area contributed by atoms with Gasteiger partial charge < -0.3 is 7.96 Å². The zero-order chi connectivity index (χ0) is 2.00. The normalized spacial score (nSPS) is 1.50. The zero-order valence-electron chi connectivity index (χ0n) is 4.56. The predicted octanol–water partition coefficient (Wildman–Crippen LogP) is 0.0306. The fraction of sp³-hybridized carbons (Fsp3) is 1.00. The molecule has 0 rings (SSSR count). The van der Waals surface area contributed by atoms with E-state index in [-0.39, 0.29) is 57.6 Å². The van der Waals surface area contributed by atoms with Gasteiger partial charge in [0.05, 0.1) is 0 Å². The van der Waals surface area contributed by atoms with E-state index in [1.807, 2.05) is 0 Å². The SMILES string of the molecule is Br.CO.[Ca+2].[H-].[H-]. The number of rotatable bonds is 0. The van der Waals surface area contributed by atoms with E-state index in [4.69, 9.17) is 5.11 Å². The Bertz CT molecular complexity index is 13.5. The van der Waals surface area contributed by atoms with Crippen LogP contribution in [0.15, 0.2) is 0 Å². The molecule has 0 fully saturated rings. The van der Waals surface area contributed by atoms with Gasteiger partial charge in [-0.3, -0.25) is 0 Å². The quantitative estimate of drug-likeness (QED) is 0.489. The Balaban J connectivity index is -0.000000000833. The van der Waals surface area contributed by atoms with Crippen molar-refractivity contribution in [1.82, 2.24) is 0 Å². The molecule has 0 unspecified atom stereocenters. The standard InChI is InChI=1S/CH4O.BrH.Ca.2H/c1-2;;;;/h2H,1H3;1H;;;/q;;+2;2*-1. The monoisotopic (exact) mass is 154 g/mol. The summed E-state index contributed by atoms with van der Waals surface area (Å²) in [5.74, 6) is 0. The third kappa shape index (κ3) is 9.33. The molecule has 3 heteroatoms. The minimum absolute atomic E-state index is 0. The molecule has 0 saturated heterocycles. The van der Waals surface area contributed by atoms with Crippen molar-refractivity contribution in [3.8, 4) is 0 Å². The van der Waals surface area contributed by atoms with E-state index in [9.17, 15) is 0 Å². The molecule has 0 saturated carbocycles. The molecule has 4 heavy (non-hydrogen) atoms. The number of aliphatic hydroxyl groups is 1. The summed E-state index contributed by atoms with van der Waals surface area (Å²) in [7, 11) is 1.00. The van der Waals surface area contributed by atoms with E-state index >= 15 is 0 Å². The molecule has 1 N–H and O–H groups in total. The van der Waals surface area contributed by atoms with Crippen molar-refractivity contribution < 1.29 is 7.96 Å². The molecule has 0 heterocycles. The van der Waals surface area contributed by atoms with Crippen molar-refractivity contribution in [3.63, 3.8) is 0 Å². The summed E-state index contributed by atoms with van der Waals surface area (Å²) in [6.45, 7) is 0. The molecule has 0 aromatic heterocycles. The fourth-order valence-corrected chi connectivity index (χ4v) is 0. The Morgan fingerprint density at radius 2 is 1.50 bits per heavy atom. The van der Waals surface area contributed by atoms with Crippen molar-refractivity contribution in [3.05, 3.63) is 0 Å². The van der Waals surface area contributed by atoms with Gasteiger partial charge >= 0.3 is 37.7 Å². The van der Waals surface area contributed by atoms with Crippen LogP contribution in [0.1, 0.15) is 2.85 Å². The second-order valence-corrected chi connectivity index (χ2v) is 0. The molecule has 0 aliphatic carbocycles. The third-order valence-electron chi connectivity index (χ3n) is 0. The van der Waals surface area contributed by atoms with Gasteiger partial charge in [-0.1, -0.05) is 0 Å². The second-order valence-electron chi connectivity index (χ2n) is 0. The summed E-state index contributed by atoms with van der Waals surface area (Å²) in [5.41, 5.74) is 0. The van der Waals surface area contributed by atoms with Crippen LogP contribution in [0.4, 0.5) is 0 Å². The maximum absolute atomic E-state index is 7.00. The number of hydrogen-bond acceptors (Lipinski definition) is 1. The summed E-state index contributed by atoms with van der Waals surface area (Å²) >= 11 is 0. The van der Waals surface area contributed by atoms with Gasteiger partial charge in [0.1, 0.15) is 0 Å². The Labute approximate surface area is 69.1 Å². The van der Waals surface area contributed by atoms with E-state index < -0.39 is 0 Å². The van der Waals surface area contributed by atoms with Crippen LogP contribution in [0.5, 0.6) is 0 Å². The molecule has 0 aromatic rings. The Kier molecular flexibility index (Phi) is 96.2. The van der Waals surface area contributed by atoms with Crippen LogP contribution in [-0.2, 0) is 0 Å². The van der Waals surface area contributed by atoms with Gasteiger partial charge in [-0.15, -0.1) is 17.0 Å². The van der Waals surface area contributed by atoms with Crippen LogP contribution in [0, 0.1) is 0 Å². The van der Waals surface area contributed by atoms with Crippen LogP contribution in [0.2, 0.25) is 0 Å². The first-order chi connectivity index (χ1) is 1.00. The van der Waals surface area contributed by atoms with Gasteiger partial charge in [-0.2, -0.15) is 0 Å². The van der Waals surface area contributed by atoms with E-state index in [0.717, 1.165) is 7.11 Å². The molecule has 0 radical (unpaired) electrons. The van der Waals surface area contributed by atoms with E-state index in [0.29, 0.717) is 0 Å². The van der Waals surface area contributed by atoms with Crippen molar-refractivity contribution >= 4 is 54.7 Å². The first kappa shape index (κ1) is 17.3. The van der Waals surface area contributed by atoms with Crippen LogP contribution < -0.4 is 0 Å². The van der Waals surface area contributed by atoms with E-state index in [1.165, 1.54) is 0 Å². The minimum atomic E-state index is 0. The van der Waals surface area contributed by atoms with Gasteiger partial charge in [-0.05, 0) is 0 Å². The maximum Gasteiger partial charge on any atom is 2.00 e. The first-order valence-corrected chi connectivity index (χ1v) is 0.447. The molecule has 0 spiro atoms. The maximum atomic E-state index is 7.00. The summed E-state index contributed by atoms with van der Waals surface area (Å²) < 4.78 is 0. The minimum Gasteiger partial charge on any atom is -1.00 e. The molecule has 26 valence electrons. The largest absolute Gasteiger partial charge is 2.00 e. The predicted molar refractivity (Wildman–Crippen MR) is 26.4 cm³/mol. The molecule has 0 bridgehead atoms. The van der Waals surface area contributed by atoms with E-state index in [1.54, 1.807) is 0 Å². The van der Waals surface area contributed by atoms with Gasteiger partial charge in [0.25, 0.3) is 0 Å². The Hall–Kier alpha value is 1.70. The molecule has 0 aliphatic rings. The fourth-order valence-electron chi connectivity index (χ4n) is 0. The van der Waals surface area contributed by atoms with Crippen LogP contribution >= 0.6 is 17.0 Å². The zero-order valence-corrected chi connectivity index (χ0v) is 6.48. The van der Waals surface area contributed by atoms with Gasteiger partial charge in [0, 0.05) is 7.11 Å². The van der Waals surface area contributed by atoms with Crippen LogP contribution in [-0.4, -0.2) is 50.0 Å². The van der Waals surface area contributed by atoms with Crippen LogP contribution in [0.3, 0.4) is 0 Å². The summed E-state index contributed by atoms with van der Waals surface area (Å²) in [5, 5.41) is 7.00. The molecule has 0 atom stereocenters. The third-order valence-corrected chi connectivity index (χ3v) is 0. The van der Waals surface area contributed by atoms with Crippen molar-refractivity contribution in [2.24, 2.45) is 0 Å². The van der Waals surface area contributed by atoms with Gasteiger partial charge in [-0.25, -0.2) is 0 Å².